The third kappa shape index (κ3) is 3.13. The number of halogens is 2. The molecule has 0 atom stereocenters. The van der Waals surface area contributed by atoms with Crippen LogP contribution < -0.4 is 0 Å². The van der Waals surface area contributed by atoms with Crippen molar-refractivity contribution in [3.8, 4) is 0 Å². The van der Waals surface area contributed by atoms with E-state index in [2.05, 4.69) is 40.8 Å². The predicted molar refractivity (Wildman–Crippen MR) is 74.7 cm³/mol. The first kappa shape index (κ1) is 11.3. The smallest absolute Gasteiger partial charge is 0.0406 e. The van der Waals surface area contributed by atoms with E-state index in [1.54, 1.807) is 11.8 Å². The highest BCUT2D eigenvalue weighted by Gasteiger charge is 2.00. The zero-order chi connectivity index (χ0) is 10.7. The van der Waals surface area contributed by atoms with Crippen LogP contribution in [0, 0.1) is 3.57 Å². The fourth-order valence-corrected chi connectivity index (χ4v) is 2.84. The van der Waals surface area contributed by atoms with Crippen LogP contribution in [0.5, 0.6) is 0 Å². The molecule has 76 valence electrons. The highest BCUT2D eigenvalue weighted by Crippen LogP contribution is 2.31. The fraction of sp³-hybridized carbons (Fsp3) is 0. The van der Waals surface area contributed by atoms with E-state index in [9.17, 15) is 0 Å². The highest BCUT2D eigenvalue weighted by atomic mass is 127. The Morgan fingerprint density at radius 1 is 0.933 bits per heavy atom. The Balaban J connectivity index is 2.22. The molecule has 0 amide bonds. The molecule has 0 N–H and O–H groups in total. The van der Waals surface area contributed by atoms with Gasteiger partial charge in [0.2, 0.25) is 0 Å². The molecule has 0 unspecified atom stereocenters. The average Bonchev–Trinajstić information content (AvgIpc) is 2.25. The molecule has 0 aromatic heterocycles. The third-order valence-corrected chi connectivity index (χ3v) is 4.52. The lowest BCUT2D eigenvalue weighted by Gasteiger charge is -2.03. The Morgan fingerprint density at radius 2 is 1.60 bits per heavy atom. The van der Waals surface area contributed by atoms with Crippen LogP contribution in [0.1, 0.15) is 0 Å². The summed E-state index contributed by atoms with van der Waals surface area (Å²) >= 11 is 9.94. The maximum absolute atomic E-state index is 5.84. The van der Waals surface area contributed by atoms with Crippen molar-refractivity contribution in [3.63, 3.8) is 0 Å². The van der Waals surface area contributed by atoms with Gasteiger partial charge in [0.05, 0.1) is 0 Å². The monoisotopic (exact) mass is 346 g/mol. The van der Waals surface area contributed by atoms with Gasteiger partial charge in [-0.15, -0.1) is 0 Å². The minimum atomic E-state index is 0.780. The lowest BCUT2D eigenvalue weighted by molar-refractivity contribution is 1.37. The molecular formula is C12H8ClIS. The summed E-state index contributed by atoms with van der Waals surface area (Å²) in [5.41, 5.74) is 0. The molecule has 3 heteroatoms. The Labute approximate surface area is 112 Å². The molecule has 0 saturated carbocycles. The van der Waals surface area contributed by atoms with Crippen molar-refractivity contribution in [3.05, 3.63) is 57.1 Å². The van der Waals surface area contributed by atoms with Crippen molar-refractivity contribution >= 4 is 46.0 Å². The molecule has 0 heterocycles. The first-order chi connectivity index (χ1) is 7.25. The maximum atomic E-state index is 5.84. The van der Waals surface area contributed by atoms with Crippen LogP contribution in [-0.4, -0.2) is 0 Å². The number of hydrogen-bond donors (Lipinski definition) is 0. The van der Waals surface area contributed by atoms with Gasteiger partial charge in [0.25, 0.3) is 0 Å². The Kier molecular flexibility index (Phi) is 3.94. The quantitative estimate of drug-likeness (QED) is 0.682. The van der Waals surface area contributed by atoms with E-state index < -0.39 is 0 Å². The zero-order valence-electron chi connectivity index (χ0n) is 7.78. The molecule has 2 aromatic carbocycles. The lowest BCUT2D eigenvalue weighted by atomic mass is 10.4. The van der Waals surface area contributed by atoms with Crippen molar-refractivity contribution in [1.82, 2.24) is 0 Å². The second kappa shape index (κ2) is 5.23. The normalized spacial score (nSPS) is 10.3. The Hall–Kier alpha value is -0.190. The summed E-state index contributed by atoms with van der Waals surface area (Å²) in [7, 11) is 0. The van der Waals surface area contributed by atoms with E-state index in [1.165, 1.54) is 13.4 Å². The zero-order valence-corrected chi connectivity index (χ0v) is 11.5. The third-order valence-electron chi connectivity index (χ3n) is 1.88. The summed E-state index contributed by atoms with van der Waals surface area (Å²) < 4.78 is 1.27. The fourth-order valence-electron chi connectivity index (χ4n) is 1.16. The van der Waals surface area contributed by atoms with E-state index in [-0.39, 0.29) is 0 Å². The van der Waals surface area contributed by atoms with Crippen molar-refractivity contribution < 1.29 is 0 Å². The Bertz CT molecular complexity index is 453. The molecule has 0 fully saturated rings. The largest absolute Gasteiger partial charge is 0.0890 e. The standard InChI is InChI=1S/C12H8ClIS/c13-9-5-7-10(8-6-9)15-12-4-2-1-3-11(12)14/h1-8H. The van der Waals surface area contributed by atoms with Gasteiger partial charge in [-0.2, -0.15) is 0 Å². The second-order valence-corrected chi connectivity index (χ2v) is 5.70. The summed E-state index contributed by atoms with van der Waals surface area (Å²) in [4.78, 5) is 2.49. The molecule has 0 saturated heterocycles. The average molecular weight is 347 g/mol. The molecule has 0 aliphatic rings. The van der Waals surface area contributed by atoms with Crippen molar-refractivity contribution in [2.24, 2.45) is 0 Å². The van der Waals surface area contributed by atoms with Crippen LogP contribution in [0.2, 0.25) is 5.02 Å². The van der Waals surface area contributed by atoms with E-state index in [1.807, 2.05) is 30.3 Å². The molecular weight excluding hydrogens is 339 g/mol. The molecule has 2 aromatic rings. The SMILES string of the molecule is Clc1ccc(Sc2ccccc2I)cc1. The van der Waals surface area contributed by atoms with Gasteiger partial charge >= 0.3 is 0 Å². The molecule has 0 radical (unpaired) electrons. The van der Waals surface area contributed by atoms with Crippen molar-refractivity contribution in [1.29, 1.82) is 0 Å². The van der Waals surface area contributed by atoms with E-state index in [4.69, 9.17) is 11.6 Å². The summed E-state index contributed by atoms with van der Waals surface area (Å²) in [6, 6.07) is 16.2. The molecule has 0 aliphatic carbocycles. The number of hydrogen-bond acceptors (Lipinski definition) is 1. The van der Waals surface area contributed by atoms with Gasteiger partial charge in [-0.1, -0.05) is 35.5 Å². The maximum Gasteiger partial charge on any atom is 0.0406 e. The van der Waals surface area contributed by atoms with E-state index in [0.717, 1.165) is 5.02 Å². The van der Waals surface area contributed by atoms with Gasteiger partial charge in [-0.25, -0.2) is 0 Å². The first-order valence-corrected chi connectivity index (χ1v) is 6.71. The Morgan fingerprint density at radius 3 is 2.27 bits per heavy atom. The molecule has 0 bridgehead atoms. The van der Waals surface area contributed by atoms with Gasteiger partial charge in [0, 0.05) is 18.4 Å². The summed E-state index contributed by atoms with van der Waals surface area (Å²) in [6.45, 7) is 0. The van der Waals surface area contributed by atoms with Crippen molar-refractivity contribution in [2.45, 2.75) is 9.79 Å². The van der Waals surface area contributed by atoms with Crippen LogP contribution in [0.4, 0.5) is 0 Å². The highest BCUT2D eigenvalue weighted by molar-refractivity contribution is 14.1. The first-order valence-electron chi connectivity index (χ1n) is 4.43. The lowest BCUT2D eigenvalue weighted by Crippen LogP contribution is -1.77. The van der Waals surface area contributed by atoms with Crippen LogP contribution in [0.15, 0.2) is 58.3 Å². The number of benzene rings is 2. The van der Waals surface area contributed by atoms with Crippen LogP contribution >= 0.6 is 46.0 Å². The number of rotatable bonds is 2. The van der Waals surface area contributed by atoms with E-state index >= 15 is 0 Å². The van der Waals surface area contributed by atoms with Gasteiger partial charge in [0.1, 0.15) is 0 Å². The molecule has 0 aliphatic heterocycles. The molecule has 0 spiro atoms. The molecule has 0 nitrogen and oxygen atoms in total. The van der Waals surface area contributed by atoms with Gasteiger partial charge in [0.15, 0.2) is 0 Å². The van der Waals surface area contributed by atoms with Crippen LogP contribution in [-0.2, 0) is 0 Å². The van der Waals surface area contributed by atoms with Gasteiger partial charge < -0.3 is 0 Å². The minimum absolute atomic E-state index is 0.780. The topological polar surface area (TPSA) is 0 Å². The van der Waals surface area contributed by atoms with Gasteiger partial charge in [-0.3, -0.25) is 0 Å². The van der Waals surface area contributed by atoms with Crippen LogP contribution in [0.25, 0.3) is 0 Å². The summed E-state index contributed by atoms with van der Waals surface area (Å²) in [6.07, 6.45) is 0. The minimum Gasteiger partial charge on any atom is -0.0890 e. The van der Waals surface area contributed by atoms with E-state index in [0.29, 0.717) is 0 Å². The second-order valence-electron chi connectivity index (χ2n) is 2.99. The molecule has 15 heavy (non-hydrogen) atoms. The molecule has 2 rings (SSSR count). The predicted octanol–water partition coefficient (Wildman–Crippen LogP) is 5.10. The van der Waals surface area contributed by atoms with Gasteiger partial charge in [-0.05, 0) is 59.0 Å². The van der Waals surface area contributed by atoms with Crippen LogP contribution in [0.3, 0.4) is 0 Å². The van der Waals surface area contributed by atoms with Crippen molar-refractivity contribution in [2.75, 3.05) is 0 Å². The summed E-state index contributed by atoms with van der Waals surface area (Å²) in [5, 5.41) is 0.780. The summed E-state index contributed by atoms with van der Waals surface area (Å²) in [5.74, 6) is 0.